The van der Waals surface area contributed by atoms with Crippen molar-refractivity contribution in [2.75, 3.05) is 0 Å². The molecule has 0 aromatic carbocycles. The Kier molecular flexibility index (Phi) is 19.8. The molecule has 16 heteroatoms. The van der Waals surface area contributed by atoms with Gasteiger partial charge in [-0.05, 0) is 32.6 Å². The highest BCUT2D eigenvalue weighted by Crippen LogP contribution is 2.37. The lowest BCUT2D eigenvalue weighted by Crippen LogP contribution is -2.50. The maximum absolute atomic E-state index is 12.9. The molecule has 1 aliphatic rings. The van der Waals surface area contributed by atoms with Crippen LogP contribution in [0.15, 0.2) is 5.38 Å². The van der Waals surface area contributed by atoms with Gasteiger partial charge in [0.25, 0.3) is 0 Å². The first kappa shape index (κ1) is 44.0. The molecule has 5 amide bonds. The van der Waals surface area contributed by atoms with Crippen LogP contribution in [0, 0.1) is 0 Å². The van der Waals surface area contributed by atoms with Crippen LogP contribution in [0.4, 0.5) is 0 Å². The number of primary amides is 1. The van der Waals surface area contributed by atoms with E-state index in [0.29, 0.717) is 24.3 Å². The van der Waals surface area contributed by atoms with Crippen molar-refractivity contribution in [1.82, 2.24) is 26.3 Å². The molecule has 290 valence electrons. The predicted octanol–water partition coefficient (Wildman–Crippen LogP) is 3.37. The molecule has 52 heavy (non-hydrogen) atoms. The zero-order chi connectivity index (χ0) is 38.5. The van der Waals surface area contributed by atoms with Gasteiger partial charge in [0.2, 0.25) is 29.5 Å². The third kappa shape index (κ3) is 17.8. The summed E-state index contributed by atoms with van der Waals surface area (Å²) in [5.74, 6) is -5.05. The van der Waals surface area contributed by atoms with Gasteiger partial charge >= 0.3 is 5.97 Å². The van der Waals surface area contributed by atoms with Crippen molar-refractivity contribution in [3.05, 3.63) is 16.1 Å². The first-order valence-corrected chi connectivity index (χ1v) is 19.3. The summed E-state index contributed by atoms with van der Waals surface area (Å²) in [6, 6.07) is -1.67. The van der Waals surface area contributed by atoms with Crippen molar-refractivity contribution >= 4 is 58.4 Å². The maximum Gasteiger partial charge on any atom is 0.355 e. The normalized spacial score (nSPS) is 14.0. The molecule has 7 N–H and O–H groups in total. The minimum Gasteiger partial charge on any atom is -0.476 e. The SMILES string of the molecule is CCCCCCCCCCCCCC(=O)N[C@H](CC(N)=O)C(=O)N[C@@H](C)CCC(=O)CC(=O)NC1(C(=O)CC(=O)NCc2nc(C(=O)O)cs2)CC1. The van der Waals surface area contributed by atoms with Gasteiger partial charge in [-0.3, -0.25) is 33.6 Å². The molecule has 0 bridgehead atoms. The number of unbranched alkanes of at least 4 members (excludes halogenated alkanes) is 10. The summed E-state index contributed by atoms with van der Waals surface area (Å²) in [7, 11) is 0. The number of rotatable bonds is 29. The number of carbonyl (C=O) groups excluding carboxylic acids is 7. The van der Waals surface area contributed by atoms with Crippen LogP contribution >= 0.6 is 11.3 Å². The third-order valence-electron chi connectivity index (χ3n) is 8.86. The highest BCUT2D eigenvalue weighted by atomic mass is 32.1. The standard InChI is InChI=1S/C36H56N6O9S/c1-3-4-5-6-7-8-9-10-11-12-13-14-30(46)40-26(20-29(37)45)34(49)39-24(2)15-16-25(43)19-32(48)42-36(17-18-36)28(44)21-31(47)38-22-33-41-27(23-52-33)35(50)51/h23-24,26H,3-22H2,1-2H3,(H2,37,45)(H,38,47)(H,39,49)(H,40,46)(H,42,48)(H,50,51)/t24-,26+/m0/s1. The lowest BCUT2D eigenvalue weighted by molar-refractivity contribution is -0.135. The summed E-state index contributed by atoms with van der Waals surface area (Å²) in [6.07, 6.45) is 12.2. The number of nitrogens with one attached hydrogen (secondary N) is 4. The van der Waals surface area contributed by atoms with Gasteiger partial charge in [0.1, 0.15) is 16.8 Å². The van der Waals surface area contributed by atoms with Crippen molar-refractivity contribution in [1.29, 1.82) is 0 Å². The van der Waals surface area contributed by atoms with Gasteiger partial charge in [-0.2, -0.15) is 0 Å². The first-order valence-electron chi connectivity index (χ1n) is 18.4. The molecule has 2 atom stereocenters. The summed E-state index contributed by atoms with van der Waals surface area (Å²) < 4.78 is 0. The zero-order valence-corrected chi connectivity index (χ0v) is 31.3. The fourth-order valence-electron chi connectivity index (χ4n) is 5.64. The van der Waals surface area contributed by atoms with Crippen LogP contribution in [-0.2, 0) is 40.1 Å². The van der Waals surface area contributed by atoms with Crippen LogP contribution in [0.2, 0.25) is 0 Å². The average Bonchev–Trinajstić information content (AvgIpc) is 3.69. The molecule has 1 fully saturated rings. The molecule has 15 nitrogen and oxygen atoms in total. The Bertz CT molecular complexity index is 1390. The Labute approximate surface area is 309 Å². The zero-order valence-electron chi connectivity index (χ0n) is 30.5. The largest absolute Gasteiger partial charge is 0.476 e. The highest BCUT2D eigenvalue weighted by Gasteiger charge is 2.51. The number of Topliss-reactive ketones (excluding diaryl/α,β-unsaturated/α-hetero) is 2. The van der Waals surface area contributed by atoms with Crippen LogP contribution in [-0.4, -0.2) is 74.8 Å². The number of ketones is 2. The van der Waals surface area contributed by atoms with Crippen LogP contribution in [0.1, 0.15) is 151 Å². The minimum absolute atomic E-state index is 0.0449. The van der Waals surface area contributed by atoms with Crippen molar-refractivity contribution in [3.8, 4) is 0 Å². The van der Waals surface area contributed by atoms with Gasteiger partial charge in [0, 0.05) is 24.3 Å². The summed E-state index contributed by atoms with van der Waals surface area (Å²) in [6.45, 7) is 3.82. The topological polar surface area (TPSA) is 244 Å². The maximum atomic E-state index is 12.9. The fourth-order valence-corrected chi connectivity index (χ4v) is 6.35. The summed E-state index contributed by atoms with van der Waals surface area (Å²) in [5.41, 5.74) is 3.97. The van der Waals surface area contributed by atoms with E-state index in [0.717, 1.165) is 30.6 Å². The molecule has 1 aromatic rings. The van der Waals surface area contributed by atoms with Crippen LogP contribution in [0.3, 0.4) is 0 Å². The number of hydrogen-bond donors (Lipinski definition) is 6. The molecule has 1 aromatic heterocycles. The number of nitrogens with two attached hydrogens (primary N) is 1. The second-order valence-electron chi connectivity index (χ2n) is 13.7. The number of carbonyl (C=O) groups is 8. The second-order valence-corrected chi connectivity index (χ2v) is 14.6. The van der Waals surface area contributed by atoms with E-state index in [1.54, 1.807) is 6.92 Å². The Morgan fingerprint density at radius 2 is 1.46 bits per heavy atom. The number of aromatic nitrogens is 1. The predicted molar refractivity (Wildman–Crippen MR) is 194 cm³/mol. The van der Waals surface area contributed by atoms with E-state index in [1.165, 1.54) is 50.3 Å². The molecule has 1 saturated carbocycles. The molecule has 0 aliphatic heterocycles. The molecule has 0 unspecified atom stereocenters. The molecule has 0 radical (unpaired) electrons. The Balaban J connectivity index is 1.66. The highest BCUT2D eigenvalue weighted by molar-refractivity contribution is 7.09. The Morgan fingerprint density at radius 1 is 0.846 bits per heavy atom. The van der Waals surface area contributed by atoms with E-state index in [4.69, 9.17) is 10.8 Å². The summed E-state index contributed by atoms with van der Waals surface area (Å²) in [5, 5.41) is 21.0. The van der Waals surface area contributed by atoms with E-state index >= 15 is 0 Å². The second kappa shape index (κ2) is 23.4. The number of nitrogens with zero attached hydrogens (tertiary/aromatic N) is 1. The van der Waals surface area contributed by atoms with E-state index < -0.39 is 71.6 Å². The average molecular weight is 749 g/mol. The van der Waals surface area contributed by atoms with Crippen molar-refractivity contribution < 1.29 is 43.5 Å². The number of hydrogen-bond acceptors (Lipinski definition) is 10. The quantitative estimate of drug-likeness (QED) is 0.0515. The molecule has 1 heterocycles. The van der Waals surface area contributed by atoms with Crippen LogP contribution in [0.5, 0.6) is 0 Å². The first-order chi connectivity index (χ1) is 24.7. The summed E-state index contributed by atoms with van der Waals surface area (Å²) in [4.78, 5) is 102. The molecule has 1 aliphatic carbocycles. The van der Waals surface area contributed by atoms with E-state index in [2.05, 4.69) is 33.2 Å². The number of carboxylic acids is 1. The monoisotopic (exact) mass is 748 g/mol. The van der Waals surface area contributed by atoms with E-state index in [9.17, 15) is 38.4 Å². The number of aromatic carboxylic acids is 1. The molecule has 2 rings (SSSR count). The van der Waals surface area contributed by atoms with Gasteiger partial charge in [0.05, 0.1) is 31.3 Å². The molecule has 0 saturated heterocycles. The van der Waals surface area contributed by atoms with E-state index in [-0.39, 0.29) is 43.8 Å². The molecule has 0 spiro atoms. The fraction of sp³-hybridized carbons (Fsp3) is 0.694. The van der Waals surface area contributed by atoms with E-state index in [1.807, 2.05) is 0 Å². The van der Waals surface area contributed by atoms with Gasteiger partial charge in [-0.1, -0.05) is 71.1 Å². The minimum atomic E-state index is -1.21. The van der Waals surface area contributed by atoms with Gasteiger partial charge in [-0.25, -0.2) is 9.78 Å². The molecular weight excluding hydrogens is 692 g/mol. The van der Waals surface area contributed by atoms with Crippen LogP contribution < -0.4 is 27.0 Å². The van der Waals surface area contributed by atoms with Gasteiger partial charge < -0.3 is 32.1 Å². The third-order valence-corrected chi connectivity index (χ3v) is 9.71. The number of amides is 5. The van der Waals surface area contributed by atoms with Gasteiger partial charge in [-0.15, -0.1) is 11.3 Å². The van der Waals surface area contributed by atoms with Crippen molar-refractivity contribution in [2.24, 2.45) is 5.73 Å². The lowest BCUT2D eigenvalue weighted by Gasteiger charge is -2.20. The smallest absolute Gasteiger partial charge is 0.355 e. The molecular formula is C36H56N6O9S. The van der Waals surface area contributed by atoms with Gasteiger partial charge in [0.15, 0.2) is 11.5 Å². The number of thiazole rings is 1. The Hall–Kier alpha value is -4.21. The van der Waals surface area contributed by atoms with Crippen molar-refractivity contribution in [2.45, 2.75) is 160 Å². The Morgan fingerprint density at radius 3 is 2.02 bits per heavy atom. The summed E-state index contributed by atoms with van der Waals surface area (Å²) >= 11 is 1.06. The van der Waals surface area contributed by atoms with Crippen molar-refractivity contribution in [3.63, 3.8) is 0 Å². The number of carboxylic acid groups (broad SMARTS) is 1. The van der Waals surface area contributed by atoms with Crippen LogP contribution in [0.25, 0.3) is 0 Å². The lowest BCUT2D eigenvalue weighted by atomic mass is 10.0.